The van der Waals surface area contributed by atoms with Crippen molar-refractivity contribution in [1.82, 2.24) is 0 Å². The lowest BCUT2D eigenvalue weighted by atomic mass is 9.69. The van der Waals surface area contributed by atoms with Gasteiger partial charge in [0.25, 0.3) is 0 Å². The van der Waals surface area contributed by atoms with Crippen LogP contribution in [0.3, 0.4) is 0 Å². The lowest BCUT2D eigenvalue weighted by molar-refractivity contribution is 0.153. The zero-order valence-electron chi connectivity index (χ0n) is 10.8. The number of hydrogen-bond donors (Lipinski definition) is 1. The van der Waals surface area contributed by atoms with Gasteiger partial charge in [0.05, 0.1) is 4.87 Å². The minimum Gasteiger partial charge on any atom is -0.369 e. The molecule has 2 fully saturated rings. The van der Waals surface area contributed by atoms with Gasteiger partial charge in [0.2, 0.25) is 0 Å². The lowest BCUT2D eigenvalue weighted by Crippen LogP contribution is -2.41. The minimum absolute atomic E-state index is 0.336. The molecule has 0 radical (unpaired) electrons. The van der Waals surface area contributed by atoms with Gasteiger partial charge in [-0.3, -0.25) is 0 Å². The molecule has 0 bridgehead atoms. The second-order valence-corrected chi connectivity index (χ2v) is 7.69. The predicted octanol–water partition coefficient (Wildman–Crippen LogP) is 4.89. The van der Waals surface area contributed by atoms with Gasteiger partial charge in [-0.1, -0.05) is 49.6 Å². The fraction of sp³-hybridized carbons (Fsp3) is 0.625. The molecule has 1 heterocycles. The van der Waals surface area contributed by atoms with E-state index in [0.717, 1.165) is 11.8 Å². The van der Waals surface area contributed by atoms with Crippen LogP contribution in [0.2, 0.25) is 0 Å². The summed E-state index contributed by atoms with van der Waals surface area (Å²) in [6.07, 6.45) is 10.1. The van der Waals surface area contributed by atoms with Crippen molar-refractivity contribution in [3.8, 4) is 0 Å². The van der Waals surface area contributed by atoms with E-state index in [-0.39, 0.29) is 0 Å². The Morgan fingerprint density at radius 1 is 1.06 bits per heavy atom. The summed E-state index contributed by atoms with van der Waals surface area (Å²) in [6.45, 7) is 0. The maximum Gasteiger partial charge on any atom is 0.0883 e. The van der Waals surface area contributed by atoms with Gasteiger partial charge >= 0.3 is 0 Å². The average molecular weight is 259 g/mol. The number of para-hydroxylation sites is 1. The monoisotopic (exact) mass is 259 g/mol. The Morgan fingerprint density at radius 2 is 1.89 bits per heavy atom. The molecule has 3 atom stereocenters. The van der Waals surface area contributed by atoms with Crippen molar-refractivity contribution >= 4 is 17.4 Å². The second-order valence-electron chi connectivity index (χ2n) is 6.26. The first-order chi connectivity index (χ1) is 8.85. The summed E-state index contributed by atoms with van der Waals surface area (Å²) < 4.78 is 0. The van der Waals surface area contributed by atoms with Crippen molar-refractivity contribution in [2.75, 3.05) is 5.32 Å². The van der Waals surface area contributed by atoms with Crippen molar-refractivity contribution < 1.29 is 0 Å². The smallest absolute Gasteiger partial charge is 0.0883 e. The van der Waals surface area contributed by atoms with E-state index in [2.05, 4.69) is 41.3 Å². The van der Waals surface area contributed by atoms with Gasteiger partial charge in [0.15, 0.2) is 0 Å². The maximum atomic E-state index is 3.85. The van der Waals surface area contributed by atoms with E-state index in [1.165, 1.54) is 55.5 Å². The van der Waals surface area contributed by atoms with Crippen LogP contribution in [-0.4, -0.2) is 4.87 Å². The molecular formula is C16H21NS. The molecule has 1 spiro atoms. The molecule has 0 amide bonds. The van der Waals surface area contributed by atoms with Crippen LogP contribution in [0.1, 0.15) is 44.9 Å². The number of benzene rings is 1. The van der Waals surface area contributed by atoms with E-state index in [9.17, 15) is 0 Å². The Bertz CT molecular complexity index is 431. The first kappa shape index (κ1) is 11.2. The van der Waals surface area contributed by atoms with Gasteiger partial charge in [0.1, 0.15) is 0 Å². The highest BCUT2D eigenvalue weighted by Crippen LogP contribution is 2.56. The summed E-state index contributed by atoms with van der Waals surface area (Å²) in [5.74, 6) is 2.03. The molecule has 3 aliphatic rings. The van der Waals surface area contributed by atoms with Gasteiger partial charge in [0, 0.05) is 10.6 Å². The number of hydrogen-bond acceptors (Lipinski definition) is 2. The van der Waals surface area contributed by atoms with Crippen LogP contribution in [0, 0.1) is 11.8 Å². The number of fused-ring (bicyclic) bond motifs is 2. The van der Waals surface area contributed by atoms with E-state index in [4.69, 9.17) is 0 Å². The normalized spacial score (nSPS) is 38.0. The molecule has 4 rings (SSSR count). The molecular weight excluding hydrogens is 238 g/mol. The van der Waals surface area contributed by atoms with Gasteiger partial charge in [-0.25, -0.2) is 0 Å². The van der Waals surface area contributed by atoms with Crippen LogP contribution in [0.5, 0.6) is 0 Å². The second kappa shape index (κ2) is 4.19. The molecule has 0 aromatic heterocycles. The van der Waals surface area contributed by atoms with Crippen LogP contribution >= 0.6 is 11.8 Å². The highest BCUT2D eigenvalue weighted by molar-refractivity contribution is 8.01. The first-order valence-corrected chi connectivity index (χ1v) is 8.23. The number of rotatable bonds is 0. The summed E-state index contributed by atoms with van der Waals surface area (Å²) in [5.41, 5.74) is 1.37. The Labute approximate surface area is 114 Å². The quantitative estimate of drug-likeness (QED) is 0.712. The number of nitrogens with one attached hydrogen (secondary N) is 1. The Hall–Kier alpha value is -0.630. The summed E-state index contributed by atoms with van der Waals surface area (Å²) in [7, 11) is 0. The van der Waals surface area contributed by atoms with E-state index in [0.29, 0.717) is 4.87 Å². The van der Waals surface area contributed by atoms with Crippen molar-refractivity contribution in [1.29, 1.82) is 0 Å². The average Bonchev–Trinajstić information content (AvgIpc) is 2.76. The molecule has 1 aromatic rings. The van der Waals surface area contributed by atoms with E-state index in [1.807, 2.05) is 0 Å². The van der Waals surface area contributed by atoms with Crippen LogP contribution in [0.15, 0.2) is 29.2 Å². The topological polar surface area (TPSA) is 12.0 Å². The van der Waals surface area contributed by atoms with Crippen LogP contribution in [0.4, 0.5) is 5.69 Å². The number of anilines is 1. The summed E-state index contributed by atoms with van der Waals surface area (Å²) in [4.78, 5) is 1.80. The molecule has 1 N–H and O–H groups in total. The van der Waals surface area contributed by atoms with Crippen molar-refractivity contribution in [3.63, 3.8) is 0 Å². The van der Waals surface area contributed by atoms with Gasteiger partial charge in [-0.15, -0.1) is 0 Å². The third kappa shape index (κ3) is 1.77. The molecule has 1 nitrogen and oxygen atoms in total. The van der Waals surface area contributed by atoms with Gasteiger partial charge < -0.3 is 5.32 Å². The summed E-state index contributed by atoms with van der Waals surface area (Å²) in [6, 6.07) is 8.83. The third-order valence-electron chi connectivity index (χ3n) is 5.13. The minimum atomic E-state index is 0.336. The molecule has 2 saturated carbocycles. The summed E-state index contributed by atoms with van der Waals surface area (Å²) >= 11 is 2.10. The first-order valence-electron chi connectivity index (χ1n) is 7.41. The van der Waals surface area contributed by atoms with E-state index < -0.39 is 0 Å². The summed E-state index contributed by atoms with van der Waals surface area (Å²) in [5, 5.41) is 3.85. The van der Waals surface area contributed by atoms with Crippen molar-refractivity contribution in [2.45, 2.75) is 54.7 Å². The molecule has 2 aliphatic carbocycles. The van der Waals surface area contributed by atoms with Gasteiger partial charge in [-0.2, -0.15) is 0 Å². The standard InChI is InChI=1S/C16H21NS/c1-2-6-13-11-16(10-9-12(13)5-1)17-14-7-3-4-8-15(14)18-16/h3-4,7-8,12-13,17H,1-2,5-6,9-11H2/t12-,13+,16-/m1/s1. The fourth-order valence-electron chi connectivity index (χ4n) is 4.22. The highest BCUT2D eigenvalue weighted by Gasteiger charge is 2.45. The Morgan fingerprint density at radius 3 is 2.78 bits per heavy atom. The van der Waals surface area contributed by atoms with Crippen LogP contribution < -0.4 is 5.32 Å². The van der Waals surface area contributed by atoms with E-state index >= 15 is 0 Å². The van der Waals surface area contributed by atoms with Crippen LogP contribution in [0.25, 0.3) is 0 Å². The Kier molecular flexibility index (Phi) is 2.61. The zero-order valence-corrected chi connectivity index (χ0v) is 11.6. The fourth-order valence-corrected chi connectivity index (χ4v) is 5.70. The highest BCUT2D eigenvalue weighted by atomic mass is 32.2. The number of thioether (sulfide) groups is 1. The molecule has 1 aliphatic heterocycles. The molecule has 1 aromatic carbocycles. The molecule has 96 valence electrons. The largest absolute Gasteiger partial charge is 0.369 e. The maximum absolute atomic E-state index is 3.85. The molecule has 18 heavy (non-hydrogen) atoms. The van der Waals surface area contributed by atoms with E-state index in [1.54, 1.807) is 0 Å². The predicted molar refractivity (Wildman–Crippen MR) is 78.0 cm³/mol. The lowest BCUT2D eigenvalue weighted by Gasteiger charge is -2.44. The SMILES string of the molecule is c1ccc2c(c1)N[C@]1(CC[C@H]3CCCC[C@H]3C1)S2. The van der Waals surface area contributed by atoms with Crippen LogP contribution in [-0.2, 0) is 0 Å². The van der Waals surface area contributed by atoms with Crippen molar-refractivity contribution in [2.24, 2.45) is 11.8 Å². The molecule has 0 unspecified atom stereocenters. The molecule has 2 heteroatoms. The van der Waals surface area contributed by atoms with Crippen molar-refractivity contribution in [3.05, 3.63) is 24.3 Å². The molecule has 0 saturated heterocycles. The zero-order chi connectivity index (χ0) is 12.0. The Balaban J connectivity index is 1.57. The third-order valence-corrected chi connectivity index (χ3v) is 6.57. The van der Waals surface area contributed by atoms with Gasteiger partial charge in [-0.05, 0) is 43.2 Å².